The minimum Gasteiger partial charge on any atom is -0.496 e. The standard InChI is InChI=1S/C19H21N3O3S2/c1-13-11-16(6-7-17(13)25-3)27(23,24)21-10-8-18-14(2)22-19(26-18)15-5-4-9-20-12-15/h4-7,9,11-12,21H,8,10H2,1-3H3. The van der Waals surface area contributed by atoms with Gasteiger partial charge in [0, 0.05) is 29.4 Å². The van der Waals surface area contributed by atoms with E-state index in [1.165, 1.54) is 0 Å². The van der Waals surface area contributed by atoms with Crippen LogP contribution in [0.15, 0.2) is 47.6 Å². The third-order valence-corrected chi connectivity index (χ3v) is 6.85. The summed E-state index contributed by atoms with van der Waals surface area (Å²) in [6, 6.07) is 8.66. The summed E-state index contributed by atoms with van der Waals surface area (Å²) >= 11 is 1.56. The van der Waals surface area contributed by atoms with Crippen molar-refractivity contribution in [1.29, 1.82) is 0 Å². The van der Waals surface area contributed by atoms with E-state index in [-0.39, 0.29) is 4.90 Å². The SMILES string of the molecule is COc1ccc(S(=O)(=O)NCCc2sc(-c3cccnc3)nc2C)cc1C. The Labute approximate surface area is 163 Å². The third kappa shape index (κ3) is 4.52. The van der Waals surface area contributed by atoms with E-state index in [2.05, 4.69) is 14.7 Å². The van der Waals surface area contributed by atoms with Crippen LogP contribution in [0.1, 0.15) is 16.1 Å². The van der Waals surface area contributed by atoms with Gasteiger partial charge in [-0.25, -0.2) is 18.1 Å². The number of benzene rings is 1. The Kier molecular flexibility index (Phi) is 5.88. The number of methoxy groups -OCH3 is 1. The van der Waals surface area contributed by atoms with Gasteiger partial charge in [0.15, 0.2) is 0 Å². The third-order valence-electron chi connectivity index (χ3n) is 4.12. The van der Waals surface area contributed by atoms with Gasteiger partial charge in [0.05, 0.1) is 17.7 Å². The van der Waals surface area contributed by atoms with Crippen molar-refractivity contribution < 1.29 is 13.2 Å². The van der Waals surface area contributed by atoms with Crippen molar-refractivity contribution in [3.63, 3.8) is 0 Å². The zero-order valence-electron chi connectivity index (χ0n) is 15.4. The molecule has 0 saturated carbocycles. The van der Waals surface area contributed by atoms with Crippen molar-refractivity contribution in [3.8, 4) is 16.3 Å². The summed E-state index contributed by atoms with van der Waals surface area (Å²) in [6.45, 7) is 4.06. The quantitative estimate of drug-likeness (QED) is 0.654. The number of hydrogen-bond acceptors (Lipinski definition) is 6. The highest BCUT2D eigenvalue weighted by atomic mass is 32.2. The number of rotatable bonds is 7. The molecule has 0 unspecified atom stereocenters. The van der Waals surface area contributed by atoms with E-state index >= 15 is 0 Å². The number of sulfonamides is 1. The van der Waals surface area contributed by atoms with E-state index in [1.807, 2.05) is 26.0 Å². The lowest BCUT2D eigenvalue weighted by atomic mass is 10.2. The van der Waals surface area contributed by atoms with Crippen LogP contribution in [0.2, 0.25) is 0 Å². The smallest absolute Gasteiger partial charge is 0.240 e. The largest absolute Gasteiger partial charge is 0.496 e. The van der Waals surface area contributed by atoms with Crippen molar-refractivity contribution in [1.82, 2.24) is 14.7 Å². The molecule has 0 radical (unpaired) electrons. The lowest BCUT2D eigenvalue weighted by Crippen LogP contribution is -2.26. The first-order valence-corrected chi connectivity index (χ1v) is 10.7. The number of pyridine rings is 1. The minimum absolute atomic E-state index is 0.234. The van der Waals surface area contributed by atoms with Crippen LogP contribution in [0.5, 0.6) is 5.75 Å². The summed E-state index contributed by atoms with van der Waals surface area (Å²) in [5.74, 6) is 0.664. The molecule has 0 atom stereocenters. The van der Waals surface area contributed by atoms with Gasteiger partial charge in [-0.3, -0.25) is 4.98 Å². The fraction of sp³-hybridized carbons (Fsp3) is 0.263. The van der Waals surface area contributed by atoms with Crippen molar-refractivity contribution in [2.45, 2.75) is 25.2 Å². The van der Waals surface area contributed by atoms with Gasteiger partial charge in [-0.2, -0.15) is 0 Å². The molecule has 27 heavy (non-hydrogen) atoms. The van der Waals surface area contributed by atoms with Crippen molar-refractivity contribution >= 4 is 21.4 Å². The Bertz CT molecular complexity index is 1030. The van der Waals surface area contributed by atoms with Gasteiger partial charge in [-0.05, 0) is 56.2 Å². The van der Waals surface area contributed by atoms with Crippen LogP contribution in [0.4, 0.5) is 0 Å². The van der Waals surface area contributed by atoms with Gasteiger partial charge in [0.1, 0.15) is 10.8 Å². The molecule has 0 fully saturated rings. The molecule has 8 heteroatoms. The molecule has 2 aromatic heterocycles. The lowest BCUT2D eigenvalue weighted by Gasteiger charge is -2.09. The van der Waals surface area contributed by atoms with Gasteiger partial charge in [0.2, 0.25) is 10.0 Å². The Hall–Kier alpha value is -2.29. The molecule has 3 aromatic rings. The summed E-state index contributed by atoms with van der Waals surface area (Å²) in [4.78, 5) is 9.98. The number of nitrogens with zero attached hydrogens (tertiary/aromatic N) is 2. The molecule has 1 aromatic carbocycles. The van der Waals surface area contributed by atoms with Gasteiger partial charge in [-0.15, -0.1) is 11.3 Å². The molecule has 2 heterocycles. The van der Waals surface area contributed by atoms with Crippen LogP contribution in [0, 0.1) is 13.8 Å². The molecule has 142 valence electrons. The summed E-state index contributed by atoms with van der Waals surface area (Å²) in [5, 5.41) is 0.893. The van der Waals surface area contributed by atoms with E-state index in [4.69, 9.17) is 4.74 Å². The number of aromatic nitrogens is 2. The second-order valence-electron chi connectivity index (χ2n) is 6.05. The fourth-order valence-corrected chi connectivity index (χ4v) is 4.84. The van der Waals surface area contributed by atoms with E-state index in [1.54, 1.807) is 49.0 Å². The molecular formula is C19H21N3O3S2. The summed E-state index contributed by atoms with van der Waals surface area (Å²) < 4.78 is 32.9. The molecule has 0 saturated heterocycles. The molecule has 1 N–H and O–H groups in total. The number of ether oxygens (including phenoxy) is 1. The molecule has 0 spiro atoms. The lowest BCUT2D eigenvalue weighted by molar-refractivity contribution is 0.411. The first-order valence-electron chi connectivity index (χ1n) is 8.41. The first-order chi connectivity index (χ1) is 12.9. The Morgan fingerprint density at radius 2 is 2.04 bits per heavy atom. The number of hydrogen-bond donors (Lipinski definition) is 1. The molecule has 0 aliphatic heterocycles. The van der Waals surface area contributed by atoms with Gasteiger partial charge < -0.3 is 4.74 Å². The predicted octanol–water partition coefficient (Wildman–Crippen LogP) is 3.35. The highest BCUT2D eigenvalue weighted by Crippen LogP contribution is 2.27. The fourth-order valence-electron chi connectivity index (χ4n) is 2.67. The Morgan fingerprint density at radius 3 is 2.70 bits per heavy atom. The predicted molar refractivity (Wildman–Crippen MR) is 107 cm³/mol. The number of nitrogens with one attached hydrogen (secondary N) is 1. The Balaban J connectivity index is 1.67. The van der Waals surface area contributed by atoms with Crippen molar-refractivity contribution in [3.05, 3.63) is 58.9 Å². The van der Waals surface area contributed by atoms with Crippen molar-refractivity contribution in [2.75, 3.05) is 13.7 Å². The zero-order valence-corrected chi connectivity index (χ0v) is 17.0. The molecule has 0 bridgehead atoms. The van der Waals surface area contributed by atoms with Crippen LogP contribution < -0.4 is 9.46 Å². The first kappa shape index (κ1) is 19.5. The Morgan fingerprint density at radius 1 is 1.22 bits per heavy atom. The van der Waals surface area contributed by atoms with E-state index in [9.17, 15) is 8.42 Å². The van der Waals surface area contributed by atoms with E-state index in [0.717, 1.165) is 26.7 Å². The topological polar surface area (TPSA) is 81.2 Å². The minimum atomic E-state index is -3.57. The van der Waals surface area contributed by atoms with Gasteiger partial charge in [-0.1, -0.05) is 0 Å². The highest BCUT2D eigenvalue weighted by molar-refractivity contribution is 7.89. The van der Waals surface area contributed by atoms with Crippen molar-refractivity contribution in [2.24, 2.45) is 0 Å². The monoisotopic (exact) mass is 403 g/mol. The normalized spacial score (nSPS) is 11.5. The van der Waals surface area contributed by atoms with E-state index < -0.39 is 10.0 Å². The molecule has 3 rings (SSSR count). The van der Waals surface area contributed by atoms with Crippen LogP contribution >= 0.6 is 11.3 Å². The maximum atomic E-state index is 12.5. The van der Waals surface area contributed by atoms with Gasteiger partial charge >= 0.3 is 0 Å². The average Bonchev–Trinajstić information content (AvgIpc) is 3.03. The van der Waals surface area contributed by atoms with Crippen LogP contribution in [0.25, 0.3) is 10.6 Å². The second kappa shape index (κ2) is 8.16. The number of thiazole rings is 1. The molecule has 0 aliphatic carbocycles. The zero-order chi connectivity index (χ0) is 19.4. The van der Waals surface area contributed by atoms with Gasteiger partial charge in [0.25, 0.3) is 0 Å². The summed E-state index contributed by atoms with van der Waals surface area (Å²) in [7, 11) is -2.01. The molecule has 6 nitrogen and oxygen atoms in total. The van der Waals surface area contributed by atoms with E-state index in [0.29, 0.717) is 18.7 Å². The molecule has 0 amide bonds. The average molecular weight is 404 g/mol. The maximum absolute atomic E-state index is 12.5. The molecular weight excluding hydrogens is 382 g/mol. The summed E-state index contributed by atoms with van der Waals surface area (Å²) in [6.07, 6.45) is 4.08. The highest BCUT2D eigenvalue weighted by Gasteiger charge is 2.16. The van der Waals surface area contributed by atoms with Crippen LogP contribution in [-0.2, 0) is 16.4 Å². The van der Waals surface area contributed by atoms with Crippen LogP contribution in [-0.4, -0.2) is 32.0 Å². The maximum Gasteiger partial charge on any atom is 0.240 e. The second-order valence-corrected chi connectivity index (χ2v) is 8.90. The summed E-state index contributed by atoms with van der Waals surface area (Å²) in [5.41, 5.74) is 2.66. The number of aryl methyl sites for hydroxylation is 2. The molecule has 0 aliphatic rings. The van der Waals surface area contributed by atoms with Crippen LogP contribution in [0.3, 0.4) is 0 Å².